The van der Waals surface area contributed by atoms with Crippen molar-refractivity contribution in [1.82, 2.24) is 25.3 Å². The molecule has 2 heterocycles. The van der Waals surface area contributed by atoms with Crippen LogP contribution < -0.4 is 19.9 Å². The molecule has 17 heteroatoms. The fourth-order valence-electron chi connectivity index (χ4n) is 4.78. The molecule has 14 nitrogen and oxygen atoms in total. The summed E-state index contributed by atoms with van der Waals surface area (Å²) >= 11 is 0.947. The molecule has 5 rings (SSSR count). The third-order valence-electron chi connectivity index (χ3n) is 7.18. The molecule has 0 saturated carbocycles. The van der Waals surface area contributed by atoms with Crippen molar-refractivity contribution in [3.8, 4) is 11.5 Å². The number of nitrogens with two attached hydrogens (primary N) is 1. The minimum Gasteiger partial charge on any atom is -0.491 e. The van der Waals surface area contributed by atoms with E-state index >= 15 is 0 Å². The molecule has 5 aromatic rings. The van der Waals surface area contributed by atoms with Gasteiger partial charge in [-0.15, -0.1) is 16.4 Å². The van der Waals surface area contributed by atoms with Gasteiger partial charge in [0.2, 0.25) is 4.34 Å². The summed E-state index contributed by atoms with van der Waals surface area (Å²) in [7, 11) is -2.63. The number of ether oxygens (including phenoxy) is 4. The number of esters is 1. The van der Waals surface area contributed by atoms with Gasteiger partial charge >= 0.3 is 5.97 Å². The first-order chi connectivity index (χ1) is 23.6. The van der Waals surface area contributed by atoms with Gasteiger partial charge in [0, 0.05) is 6.54 Å². The van der Waals surface area contributed by atoms with Crippen molar-refractivity contribution in [1.29, 1.82) is 0 Å². The van der Waals surface area contributed by atoms with Gasteiger partial charge in [-0.25, -0.2) is 27.6 Å². The standard InChI is InChI=1S/C32H35FN6O8S2/c1-44-31(41)29(20-45-18-22-3-2-4-26(14-22)46-12-11-40)35-16-25(13-21-5-7-23(33)8-6-21)39-17-24(37-38-39)19-47-27-9-10-28-30(15-27)48-32(36-28)49(34,42)43/h2-10,14-15,17,25,29,35,40H,11-13,16,18-20H2,1H3,(H2,34,42,43)/t25-,29-/m0/s1. The van der Waals surface area contributed by atoms with Gasteiger partial charge in [0.1, 0.15) is 42.3 Å². The number of aliphatic hydroxyl groups excluding tert-OH is 1. The van der Waals surface area contributed by atoms with Crippen molar-refractivity contribution in [3.63, 3.8) is 0 Å². The molecule has 2 aromatic heterocycles. The minimum absolute atomic E-state index is 0.0108. The first-order valence-corrected chi connectivity index (χ1v) is 17.4. The molecule has 0 saturated heterocycles. The second-order valence-corrected chi connectivity index (χ2v) is 13.6. The highest BCUT2D eigenvalue weighted by Crippen LogP contribution is 2.28. The van der Waals surface area contributed by atoms with Crippen LogP contribution in [-0.4, -0.2) is 79.0 Å². The average molecular weight is 715 g/mol. The largest absolute Gasteiger partial charge is 0.491 e. The molecule has 0 aliphatic rings. The van der Waals surface area contributed by atoms with Gasteiger partial charge in [0.05, 0.1) is 49.4 Å². The predicted molar refractivity (Wildman–Crippen MR) is 177 cm³/mol. The van der Waals surface area contributed by atoms with Gasteiger partial charge in [-0.3, -0.25) is 4.79 Å². The number of carbonyl (C=O) groups is 1. The summed E-state index contributed by atoms with van der Waals surface area (Å²) < 4.78 is 61.3. The number of aliphatic hydroxyl groups is 1. The summed E-state index contributed by atoms with van der Waals surface area (Å²) in [5.41, 5.74) is 2.66. The fourth-order valence-corrected chi connectivity index (χ4v) is 6.46. The van der Waals surface area contributed by atoms with E-state index in [1.54, 1.807) is 53.3 Å². The SMILES string of the molecule is COC(=O)[C@H](COCc1cccc(OCCO)c1)NC[C@H](Cc1ccc(F)cc1)n1cc(COc2ccc3nc(S(N)(=O)=O)sc3c2)nn1. The van der Waals surface area contributed by atoms with E-state index in [0.717, 1.165) is 22.5 Å². The molecule has 0 aliphatic carbocycles. The highest BCUT2D eigenvalue weighted by molar-refractivity contribution is 7.91. The van der Waals surface area contributed by atoms with Gasteiger partial charge in [0.15, 0.2) is 0 Å². The summed E-state index contributed by atoms with van der Waals surface area (Å²) in [6, 6.07) is 17.2. The number of carbonyl (C=O) groups excluding carboxylic acids is 1. The molecule has 2 atom stereocenters. The van der Waals surface area contributed by atoms with E-state index in [-0.39, 0.29) is 55.8 Å². The van der Waals surface area contributed by atoms with Crippen molar-refractivity contribution < 1.29 is 41.7 Å². The molecular formula is C32H35FN6O8S2. The molecule has 0 bridgehead atoms. The number of nitrogens with one attached hydrogen (secondary N) is 1. The maximum Gasteiger partial charge on any atom is 0.325 e. The molecule has 0 unspecified atom stereocenters. The third kappa shape index (κ3) is 10.2. The summed E-state index contributed by atoms with van der Waals surface area (Å²) in [5, 5.41) is 26.0. The van der Waals surface area contributed by atoms with E-state index in [2.05, 4.69) is 20.6 Å². The highest BCUT2D eigenvalue weighted by atomic mass is 32.2. The number of rotatable bonds is 18. The third-order valence-corrected chi connectivity index (χ3v) is 9.52. The number of nitrogens with zero attached hydrogens (tertiary/aromatic N) is 4. The number of hydrogen-bond acceptors (Lipinski definition) is 13. The van der Waals surface area contributed by atoms with E-state index < -0.39 is 22.0 Å². The Bertz CT molecular complexity index is 1950. The maximum atomic E-state index is 13.6. The molecule has 0 radical (unpaired) electrons. The van der Waals surface area contributed by atoms with Gasteiger partial charge in [0.25, 0.3) is 10.0 Å². The molecule has 260 valence electrons. The zero-order valence-electron chi connectivity index (χ0n) is 26.4. The first-order valence-electron chi connectivity index (χ1n) is 15.0. The lowest BCUT2D eigenvalue weighted by Crippen LogP contribution is -2.44. The lowest BCUT2D eigenvalue weighted by Gasteiger charge is -2.22. The van der Waals surface area contributed by atoms with Crippen molar-refractivity contribution in [2.75, 3.05) is 33.5 Å². The smallest absolute Gasteiger partial charge is 0.325 e. The van der Waals surface area contributed by atoms with Crippen LogP contribution in [0.3, 0.4) is 0 Å². The van der Waals surface area contributed by atoms with Crippen LogP contribution in [0.25, 0.3) is 10.2 Å². The van der Waals surface area contributed by atoms with Gasteiger partial charge in [-0.2, -0.15) is 0 Å². The van der Waals surface area contributed by atoms with Crippen LogP contribution in [0, 0.1) is 5.82 Å². The van der Waals surface area contributed by atoms with Crippen LogP contribution in [0.2, 0.25) is 0 Å². The van der Waals surface area contributed by atoms with Gasteiger partial charge in [-0.05, 0) is 60.0 Å². The monoisotopic (exact) mass is 714 g/mol. The Labute approximate surface area is 285 Å². The van der Waals surface area contributed by atoms with Crippen molar-refractivity contribution in [2.45, 2.75) is 36.1 Å². The lowest BCUT2D eigenvalue weighted by atomic mass is 10.1. The average Bonchev–Trinajstić information content (AvgIpc) is 3.75. The Morgan fingerprint density at radius 2 is 1.86 bits per heavy atom. The van der Waals surface area contributed by atoms with Crippen LogP contribution in [0.5, 0.6) is 11.5 Å². The van der Waals surface area contributed by atoms with Crippen LogP contribution in [-0.2, 0) is 43.9 Å². The zero-order chi connectivity index (χ0) is 34.8. The predicted octanol–water partition coefficient (Wildman–Crippen LogP) is 2.76. The minimum atomic E-state index is -3.92. The molecule has 0 amide bonds. The fraction of sp³-hybridized carbons (Fsp3) is 0.312. The Hall–Kier alpha value is -4.52. The van der Waals surface area contributed by atoms with Crippen LogP contribution in [0.1, 0.15) is 22.9 Å². The summed E-state index contributed by atoms with van der Waals surface area (Å²) in [6.07, 6.45) is 2.15. The number of hydrogen-bond donors (Lipinski definition) is 3. The topological polar surface area (TPSA) is 190 Å². The summed E-state index contributed by atoms with van der Waals surface area (Å²) in [5.74, 6) is 0.201. The Balaban J connectivity index is 1.24. The number of halogens is 1. The molecule has 4 N–H and O–H groups in total. The van der Waals surface area contributed by atoms with E-state index in [4.69, 9.17) is 29.2 Å². The van der Waals surface area contributed by atoms with Crippen LogP contribution >= 0.6 is 11.3 Å². The second kappa shape index (κ2) is 16.7. The van der Waals surface area contributed by atoms with Gasteiger partial charge < -0.3 is 29.4 Å². The molecular weight excluding hydrogens is 680 g/mol. The second-order valence-electron chi connectivity index (χ2n) is 10.8. The van der Waals surface area contributed by atoms with E-state index in [1.807, 2.05) is 12.1 Å². The maximum absolute atomic E-state index is 13.6. The molecule has 0 fully saturated rings. The van der Waals surface area contributed by atoms with Gasteiger partial charge in [-0.1, -0.05) is 29.5 Å². The zero-order valence-corrected chi connectivity index (χ0v) is 28.0. The molecule has 3 aromatic carbocycles. The van der Waals surface area contributed by atoms with E-state index in [1.165, 1.54) is 19.2 Å². The first kappa shape index (κ1) is 35.8. The normalized spacial score (nSPS) is 12.9. The Morgan fingerprint density at radius 1 is 1.06 bits per heavy atom. The van der Waals surface area contributed by atoms with Crippen molar-refractivity contribution in [2.24, 2.45) is 5.14 Å². The molecule has 0 spiro atoms. The van der Waals surface area contributed by atoms with Crippen LogP contribution in [0.15, 0.2) is 77.3 Å². The quantitative estimate of drug-likeness (QED) is 0.113. The molecule has 49 heavy (non-hydrogen) atoms. The number of aromatic nitrogens is 4. The number of methoxy groups -OCH3 is 1. The van der Waals surface area contributed by atoms with Crippen molar-refractivity contribution in [3.05, 3.63) is 95.6 Å². The lowest BCUT2D eigenvalue weighted by molar-refractivity contribution is -0.145. The number of benzene rings is 3. The Kier molecular flexibility index (Phi) is 12.2. The van der Waals surface area contributed by atoms with Crippen LogP contribution in [0.4, 0.5) is 4.39 Å². The van der Waals surface area contributed by atoms with E-state index in [9.17, 15) is 17.6 Å². The number of sulfonamides is 1. The number of primary sulfonamides is 1. The highest BCUT2D eigenvalue weighted by Gasteiger charge is 2.23. The number of thiazole rings is 1. The Morgan fingerprint density at radius 3 is 2.61 bits per heavy atom. The summed E-state index contributed by atoms with van der Waals surface area (Å²) in [4.78, 5) is 16.7. The van der Waals surface area contributed by atoms with Crippen molar-refractivity contribution >= 4 is 37.5 Å². The number of fused-ring (bicyclic) bond motifs is 1. The molecule has 0 aliphatic heterocycles. The van der Waals surface area contributed by atoms with E-state index in [0.29, 0.717) is 33.8 Å². The summed E-state index contributed by atoms with van der Waals surface area (Å²) in [6.45, 7) is 0.611.